The summed E-state index contributed by atoms with van der Waals surface area (Å²) in [5, 5.41) is 43.0. The van der Waals surface area contributed by atoms with E-state index in [9.17, 15) is 35.0 Å². The fourth-order valence-electron chi connectivity index (χ4n) is 3.01. The first-order chi connectivity index (χ1) is 12.2. The molecule has 11 heteroatoms. The number of esters is 1. The normalized spacial score (nSPS) is 21.5. The minimum Gasteiger partial charge on any atom is -0.464 e. The van der Waals surface area contributed by atoms with E-state index in [2.05, 4.69) is 15.0 Å². The number of fused-ring (bicyclic) bond motifs is 1. The molecule has 1 aliphatic heterocycles. The molecule has 4 atom stereocenters. The fourth-order valence-corrected chi connectivity index (χ4v) is 3.01. The number of amides is 1. The van der Waals surface area contributed by atoms with Crippen molar-refractivity contribution in [3.63, 3.8) is 0 Å². The second kappa shape index (κ2) is 7.81. The molecule has 26 heavy (non-hydrogen) atoms. The fraction of sp³-hybridized carbons (Fsp3) is 0.600. The van der Waals surface area contributed by atoms with E-state index >= 15 is 0 Å². The quantitative estimate of drug-likeness (QED) is 0.180. The third-order valence-corrected chi connectivity index (χ3v) is 4.37. The third-order valence-electron chi connectivity index (χ3n) is 4.37. The Morgan fingerprint density at radius 3 is 2.62 bits per heavy atom. The van der Waals surface area contributed by atoms with Gasteiger partial charge >= 0.3 is 12.2 Å². The molecule has 1 aromatic heterocycles. The number of aromatic amines is 1. The van der Waals surface area contributed by atoms with Gasteiger partial charge in [-0.15, -0.1) is 0 Å². The van der Waals surface area contributed by atoms with Crippen molar-refractivity contribution in [2.75, 3.05) is 7.11 Å². The third kappa shape index (κ3) is 3.41. The lowest BCUT2D eigenvalue weighted by Crippen LogP contribution is -2.56. The van der Waals surface area contributed by atoms with Crippen LogP contribution in [-0.2, 0) is 11.2 Å². The first-order valence-corrected chi connectivity index (χ1v) is 8.06. The van der Waals surface area contributed by atoms with Crippen LogP contribution < -0.4 is 5.32 Å². The Kier molecular flexibility index (Phi) is 5.95. The molecule has 11 nitrogen and oxygen atoms in total. The number of aliphatic hydroxyl groups excluding tert-OH is 3. The summed E-state index contributed by atoms with van der Waals surface area (Å²) in [7, 11) is 1.17. The predicted octanol–water partition coefficient (Wildman–Crippen LogP) is -0.755. The lowest BCUT2D eigenvalue weighted by Gasteiger charge is -2.32. The molecule has 144 valence electrons. The molecule has 1 aromatic rings. The van der Waals surface area contributed by atoms with Gasteiger partial charge in [0.2, 0.25) is 0 Å². The molecule has 0 saturated carbocycles. The molecule has 2 heterocycles. The van der Waals surface area contributed by atoms with Crippen molar-refractivity contribution in [3.8, 4) is 0 Å². The smallest absolute Gasteiger partial charge is 0.354 e. The second-order valence-corrected chi connectivity index (χ2v) is 6.00. The van der Waals surface area contributed by atoms with Crippen LogP contribution in [0.25, 0.3) is 0 Å². The maximum absolute atomic E-state index is 12.3. The Bertz CT molecular complexity index is 716. The Morgan fingerprint density at radius 1 is 1.42 bits per heavy atom. The Hall–Kier alpha value is -2.50. The molecule has 4 unspecified atom stereocenters. The van der Waals surface area contributed by atoms with Crippen LogP contribution in [0, 0.1) is 10.1 Å². The molecule has 5 N–H and O–H groups in total. The largest absolute Gasteiger partial charge is 0.464 e. The van der Waals surface area contributed by atoms with Crippen molar-refractivity contribution < 1.29 is 34.6 Å². The van der Waals surface area contributed by atoms with Gasteiger partial charge in [-0.25, -0.2) is 4.79 Å². The molecule has 0 saturated heterocycles. The molecule has 1 amide bonds. The zero-order valence-electron chi connectivity index (χ0n) is 14.3. The maximum Gasteiger partial charge on any atom is 0.354 e. The number of carbonyl (C=O) groups excluding carboxylic acids is 2. The first-order valence-electron chi connectivity index (χ1n) is 8.06. The summed E-state index contributed by atoms with van der Waals surface area (Å²) < 4.78 is 4.69. The van der Waals surface area contributed by atoms with E-state index in [1.165, 1.54) is 7.11 Å². The van der Waals surface area contributed by atoms with Gasteiger partial charge in [0.25, 0.3) is 5.91 Å². The second-order valence-electron chi connectivity index (χ2n) is 6.00. The SMILES string of the molecule is CCCCc1c(C(=O)OC)[nH]c2c1C(O)C(C(O)C(O)[N+](=O)[O-])NC2=O. The maximum atomic E-state index is 12.3. The summed E-state index contributed by atoms with van der Waals surface area (Å²) in [6.07, 6.45) is -4.24. The molecule has 0 aliphatic carbocycles. The van der Waals surface area contributed by atoms with E-state index in [0.717, 1.165) is 6.42 Å². The van der Waals surface area contributed by atoms with Crippen molar-refractivity contribution in [1.29, 1.82) is 0 Å². The number of methoxy groups -OCH3 is 1. The van der Waals surface area contributed by atoms with Crippen LogP contribution in [0.1, 0.15) is 58.0 Å². The van der Waals surface area contributed by atoms with Gasteiger partial charge in [0.1, 0.15) is 17.5 Å². The summed E-state index contributed by atoms with van der Waals surface area (Å²) in [4.78, 5) is 36.5. The Morgan fingerprint density at radius 2 is 2.08 bits per heavy atom. The molecule has 0 aromatic carbocycles. The molecule has 1 aliphatic rings. The van der Waals surface area contributed by atoms with Gasteiger partial charge in [-0.05, 0) is 18.4 Å². The number of nitrogens with zero attached hydrogens (tertiary/aromatic N) is 1. The minimum atomic E-state index is -2.39. The van der Waals surface area contributed by atoms with E-state index in [1.807, 2.05) is 6.92 Å². The Balaban J connectivity index is 2.51. The van der Waals surface area contributed by atoms with Gasteiger partial charge in [-0.3, -0.25) is 14.9 Å². The zero-order valence-corrected chi connectivity index (χ0v) is 14.3. The van der Waals surface area contributed by atoms with Crippen LogP contribution in [-0.4, -0.2) is 62.6 Å². The van der Waals surface area contributed by atoms with E-state index in [1.54, 1.807) is 0 Å². The van der Waals surface area contributed by atoms with Crippen LogP contribution in [0.15, 0.2) is 0 Å². The first kappa shape index (κ1) is 19.8. The van der Waals surface area contributed by atoms with Gasteiger partial charge in [0.05, 0.1) is 18.1 Å². The van der Waals surface area contributed by atoms with Crippen LogP contribution >= 0.6 is 0 Å². The number of H-pyrrole nitrogens is 1. The average Bonchev–Trinajstić information content (AvgIpc) is 3.01. The topological polar surface area (TPSA) is 175 Å². The number of rotatable bonds is 7. The summed E-state index contributed by atoms with van der Waals surface area (Å²) in [6, 6.07) is -1.52. The van der Waals surface area contributed by atoms with Crippen LogP contribution in [0.2, 0.25) is 0 Å². The molecule has 0 spiro atoms. The highest BCUT2D eigenvalue weighted by molar-refractivity contribution is 6.00. The predicted molar refractivity (Wildman–Crippen MR) is 86.0 cm³/mol. The number of nitrogens with one attached hydrogen (secondary N) is 2. The molecule has 0 radical (unpaired) electrons. The monoisotopic (exact) mass is 371 g/mol. The van der Waals surface area contributed by atoms with Crippen LogP contribution in [0.5, 0.6) is 0 Å². The van der Waals surface area contributed by atoms with E-state index in [4.69, 9.17) is 0 Å². The van der Waals surface area contributed by atoms with E-state index in [-0.39, 0.29) is 17.0 Å². The van der Waals surface area contributed by atoms with Crippen molar-refractivity contribution in [2.24, 2.45) is 0 Å². The summed E-state index contributed by atoms with van der Waals surface area (Å²) in [5.41, 5.74) is 0.346. The number of aliphatic hydroxyl groups is 3. The standard InChI is InChI=1S/C15H21N3O8/c1-3-4-5-6-7-9(16-8(6)15(23)26-2)13(21)17-10(11(7)19)12(20)14(22)18(24)25/h10-12,14,16,19-20,22H,3-5H2,1-2H3,(H,17,21). The van der Waals surface area contributed by atoms with E-state index < -0.39 is 41.3 Å². The lowest BCUT2D eigenvalue weighted by molar-refractivity contribution is -0.584. The molecule has 2 rings (SSSR count). The number of hydrogen-bond acceptors (Lipinski definition) is 8. The number of nitro groups is 1. The summed E-state index contributed by atoms with van der Waals surface area (Å²) >= 11 is 0. The van der Waals surface area contributed by atoms with Crippen LogP contribution in [0.3, 0.4) is 0 Å². The van der Waals surface area contributed by atoms with Crippen molar-refractivity contribution in [3.05, 3.63) is 32.6 Å². The number of hydrogen-bond donors (Lipinski definition) is 5. The molecule has 0 bridgehead atoms. The Labute approximate surface area is 148 Å². The minimum absolute atomic E-state index is 0.00474. The van der Waals surface area contributed by atoms with E-state index in [0.29, 0.717) is 18.4 Å². The summed E-state index contributed by atoms with van der Waals surface area (Å²) in [6.45, 7) is 1.92. The van der Waals surface area contributed by atoms with Gasteiger partial charge in [-0.2, -0.15) is 0 Å². The van der Waals surface area contributed by atoms with Gasteiger partial charge in [0, 0.05) is 5.56 Å². The molecule has 0 fully saturated rings. The lowest BCUT2D eigenvalue weighted by atomic mass is 9.88. The zero-order chi connectivity index (χ0) is 19.6. The van der Waals surface area contributed by atoms with Crippen LogP contribution in [0.4, 0.5) is 0 Å². The number of carbonyl (C=O) groups is 2. The van der Waals surface area contributed by atoms with Crippen molar-refractivity contribution in [2.45, 2.75) is 50.7 Å². The summed E-state index contributed by atoms with van der Waals surface area (Å²) in [5.74, 6) is -1.49. The number of unbranched alkanes of at least 4 members (excludes halogenated alkanes) is 1. The highest BCUT2D eigenvalue weighted by Crippen LogP contribution is 2.34. The van der Waals surface area contributed by atoms with Crippen molar-refractivity contribution in [1.82, 2.24) is 10.3 Å². The van der Waals surface area contributed by atoms with Gasteiger partial charge < -0.3 is 30.4 Å². The van der Waals surface area contributed by atoms with Crippen molar-refractivity contribution >= 4 is 11.9 Å². The van der Waals surface area contributed by atoms with Gasteiger partial charge in [-0.1, -0.05) is 13.3 Å². The number of ether oxygens (including phenoxy) is 1. The highest BCUT2D eigenvalue weighted by Gasteiger charge is 2.46. The average molecular weight is 371 g/mol. The highest BCUT2D eigenvalue weighted by atomic mass is 16.7. The number of aromatic nitrogens is 1. The van der Waals surface area contributed by atoms with Gasteiger partial charge in [0.15, 0.2) is 6.10 Å². The molecular weight excluding hydrogens is 350 g/mol. The molecular formula is C15H21N3O8.